The minimum absolute atomic E-state index is 0.711. The fourth-order valence-corrected chi connectivity index (χ4v) is 3.76. The van der Waals surface area contributed by atoms with Crippen molar-refractivity contribution in [2.24, 2.45) is 0 Å². The summed E-state index contributed by atoms with van der Waals surface area (Å²) < 4.78 is 0. The molecule has 6 heteroatoms. The van der Waals surface area contributed by atoms with Crippen molar-refractivity contribution in [1.82, 2.24) is 20.1 Å². The SMILES string of the molecule is c1cncc(CN2CCN(c3nnc(C4CC4)s3)CC2)c1. The molecule has 110 valence electrons. The predicted molar refractivity (Wildman–Crippen MR) is 83.6 cm³/mol. The molecule has 21 heavy (non-hydrogen) atoms. The summed E-state index contributed by atoms with van der Waals surface area (Å²) in [6.45, 7) is 5.23. The van der Waals surface area contributed by atoms with Crippen LogP contribution in [0.1, 0.15) is 29.3 Å². The van der Waals surface area contributed by atoms with Gasteiger partial charge in [0.15, 0.2) is 0 Å². The molecule has 1 saturated heterocycles. The van der Waals surface area contributed by atoms with E-state index in [1.165, 1.54) is 23.4 Å². The summed E-state index contributed by atoms with van der Waals surface area (Å²) in [5, 5.41) is 11.1. The first kappa shape index (κ1) is 13.2. The average Bonchev–Trinajstić information content (AvgIpc) is 3.27. The highest BCUT2D eigenvalue weighted by Gasteiger charge is 2.29. The Labute approximate surface area is 128 Å². The minimum atomic E-state index is 0.711. The summed E-state index contributed by atoms with van der Waals surface area (Å²) in [7, 11) is 0. The quantitative estimate of drug-likeness (QED) is 0.865. The molecule has 0 spiro atoms. The van der Waals surface area contributed by atoms with Crippen molar-refractivity contribution in [3.63, 3.8) is 0 Å². The van der Waals surface area contributed by atoms with Crippen LogP contribution in [0.2, 0.25) is 0 Å². The summed E-state index contributed by atoms with van der Waals surface area (Å²) in [5.41, 5.74) is 1.29. The van der Waals surface area contributed by atoms with Gasteiger partial charge in [0.2, 0.25) is 5.13 Å². The maximum absolute atomic E-state index is 4.38. The molecule has 0 atom stereocenters. The molecule has 2 aliphatic rings. The van der Waals surface area contributed by atoms with Crippen LogP contribution >= 0.6 is 11.3 Å². The maximum atomic E-state index is 4.38. The van der Waals surface area contributed by atoms with Crippen LogP contribution in [0.25, 0.3) is 0 Å². The molecule has 1 aliphatic carbocycles. The fourth-order valence-electron chi connectivity index (χ4n) is 2.70. The van der Waals surface area contributed by atoms with Gasteiger partial charge in [0, 0.05) is 51.0 Å². The Balaban J connectivity index is 1.33. The van der Waals surface area contributed by atoms with Gasteiger partial charge in [-0.15, -0.1) is 10.2 Å². The van der Waals surface area contributed by atoms with Crippen LogP contribution in [0, 0.1) is 0 Å². The monoisotopic (exact) mass is 301 g/mol. The third-order valence-corrected chi connectivity index (χ3v) is 5.27. The van der Waals surface area contributed by atoms with Crippen molar-refractivity contribution in [2.75, 3.05) is 31.1 Å². The van der Waals surface area contributed by atoms with E-state index in [4.69, 9.17) is 0 Å². The van der Waals surface area contributed by atoms with Gasteiger partial charge in [0.05, 0.1) is 0 Å². The number of anilines is 1. The molecule has 0 bridgehead atoms. The van der Waals surface area contributed by atoms with E-state index in [1.54, 1.807) is 11.3 Å². The van der Waals surface area contributed by atoms with E-state index in [0.717, 1.165) is 37.9 Å². The smallest absolute Gasteiger partial charge is 0.208 e. The number of pyridine rings is 1. The Bertz CT molecular complexity index is 587. The van der Waals surface area contributed by atoms with E-state index >= 15 is 0 Å². The zero-order valence-corrected chi connectivity index (χ0v) is 12.8. The first-order chi connectivity index (χ1) is 10.4. The van der Waals surface area contributed by atoms with Crippen molar-refractivity contribution < 1.29 is 0 Å². The second kappa shape index (κ2) is 5.69. The average molecular weight is 301 g/mol. The molecule has 0 N–H and O–H groups in total. The second-order valence-corrected chi connectivity index (χ2v) is 6.81. The van der Waals surface area contributed by atoms with Gasteiger partial charge >= 0.3 is 0 Å². The highest BCUT2D eigenvalue weighted by atomic mass is 32.1. The van der Waals surface area contributed by atoms with Gasteiger partial charge < -0.3 is 4.90 Å². The second-order valence-electron chi connectivity index (χ2n) is 5.82. The lowest BCUT2D eigenvalue weighted by Crippen LogP contribution is -2.45. The van der Waals surface area contributed by atoms with Crippen LogP contribution < -0.4 is 4.90 Å². The molecule has 3 heterocycles. The lowest BCUT2D eigenvalue weighted by Gasteiger charge is -2.34. The summed E-state index contributed by atoms with van der Waals surface area (Å²) >= 11 is 1.79. The third kappa shape index (κ3) is 3.06. The van der Waals surface area contributed by atoms with E-state index in [9.17, 15) is 0 Å². The first-order valence-electron chi connectivity index (χ1n) is 7.58. The summed E-state index contributed by atoms with van der Waals surface area (Å²) in [6.07, 6.45) is 6.38. The van der Waals surface area contributed by atoms with Gasteiger partial charge in [-0.05, 0) is 24.5 Å². The summed E-state index contributed by atoms with van der Waals surface area (Å²) in [5.74, 6) is 0.711. The Kier molecular flexibility index (Phi) is 3.57. The van der Waals surface area contributed by atoms with Gasteiger partial charge in [0.25, 0.3) is 0 Å². The van der Waals surface area contributed by atoms with Crippen molar-refractivity contribution in [1.29, 1.82) is 0 Å². The van der Waals surface area contributed by atoms with E-state index in [0.29, 0.717) is 5.92 Å². The van der Waals surface area contributed by atoms with E-state index in [-0.39, 0.29) is 0 Å². The number of rotatable bonds is 4. The zero-order chi connectivity index (χ0) is 14.1. The molecule has 0 radical (unpaired) electrons. The summed E-state index contributed by atoms with van der Waals surface area (Å²) in [6, 6.07) is 4.15. The Hall–Kier alpha value is -1.53. The standard InChI is InChI=1S/C15H19N5S/c1-2-12(10-16-5-1)11-19-6-8-20(9-7-19)15-18-17-14(21-15)13-3-4-13/h1-2,5,10,13H,3-4,6-9,11H2. The molecular weight excluding hydrogens is 282 g/mol. The normalized spacial score (nSPS) is 19.9. The van der Waals surface area contributed by atoms with Crippen molar-refractivity contribution in [3.05, 3.63) is 35.1 Å². The van der Waals surface area contributed by atoms with Gasteiger partial charge in [-0.3, -0.25) is 9.88 Å². The van der Waals surface area contributed by atoms with Gasteiger partial charge in [-0.1, -0.05) is 17.4 Å². The highest BCUT2D eigenvalue weighted by molar-refractivity contribution is 7.15. The molecule has 1 saturated carbocycles. The zero-order valence-electron chi connectivity index (χ0n) is 12.0. The van der Waals surface area contributed by atoms with Crippen molar-refractivity contribution in [3.8, 4) is 0 Å². The number of nitrogens with zero attached hydrogens (tertiary/aromatic N) is 5. The summed E-state index contributed by atoms with van der Waals surface area (Å²) in [4.78, 5) is 9.04. The van der Waals surface area contributed by atoms with Crippen LogP contribution in [-0.4, -0.2) is 46.3 Å². The Morgan fingerprint density at radius 1 is 1.14 bits per heavy atom. The molecule has 1 aliphatic heterocycles. The lowest BCUT2D eigenvalue weighted by molar-refractivity contribution is 0.249. The molecule has 0 amide bonds. The number of hydrogen-bond acceptors (Lipinski definition) is 6. The van der Waals surface area contributed by atoms with Crippen molar-refractivity contribution in [2.45, 2.75) is 25.3 Å². The fraction of sp³-hybridized carbons (Fsp3) is 0.533. The largest absolute Gasteiger partial charge is 0.344 e. The first-order valence-corrected chi connectivity index (χ1v) is 8.40. The van der Waals surface area contributed by atoms with Crippen LogP contribution in [0.5, 0.6) is 0 Å². The predicted octanol–water partition coefficient (Wildman–Crippen LogP) is 2.13. The third-order valence-electron chi connectivity index (χ3n) is 4.13. The Morgan fingerprint density at radius 2 is 2.00 bits per heavy atom. The molecule has 4 rings (SSSR count). The Morgan fingerprint density at radius 3 is 2.71 bits per heavy atom. The van der Waals surface area contributed by atoms with Crippen LogP contribution in [0.3, 0.4) is 0 Å². The molecule has 2 fully saturated rings. The van der Waals surface area contributed by atoms with E-state index in [2.05, 4.69) is 31.0 Å². The molecule has 0 unspecified atom stereocenters. The van der Waals surface area contributed by atoms with E-state index in [1.807, 2.05) is 18.5 Å². The van der Waals surface area contributed by atoms with Gasteiger partial charge in [-0.2, -0.15) is 0 Å². The molecule has 2 aromatic heterocycles. The van der Waals surface area contributed by atoms with Crippen LogP contribution in [0.15, 0.2) is 24.5 Å². The topological polar surface area (TPSA) is 45.2 Å². The van der Waals surface area contributed by atoms with Gasteiger partial charge in [-0.25, -0.2) is 0 Å². The number of piperazine rings is 1. The molecule has 2 aromatic rings. The lowest BCUT2D eigenvalue weighted by atomic mass is 10.2. The minimum Gasteiger partial charge on any atom is -0.344 e. The van der Waals surface area contributed by atoms with Crippen LogP contribution in [-0.2, 0) is 6.54 Å². The van der Waals surface area contributed by atoms with Crippen LogP contribution in [0.4, 0.5) is 5.13 Å². The molecule has 0 aromatic carbocycles. The number of aromatic nitrogens is 3. The van der Waals surface area contributed by atoms with Gasteiger partial charge in [0.1, 0.15) is 5.01 Å². The van der Waals surface area contributed by atoms with Crippen molar-refractivity contribution >= 4 is 16.5 Å². The number of hydrogen-bond donors (Lipinski definition) is 0. The maximum Gasteiger partial charge on any atom is 0.208 e. The molecular formula is C15H19N5S. The molecule has 5 nitrogen and oxygen atoms in total. The van der Waals surface area contributed by atoms with E-state index < -0.39 is 0 Å². The highest BCUT2D eigenvalue weighted by Crippen LogP contribution is 2.42.